The van der Waals surface area contributed by atoms with Gasteiger partial charge in [-0.2, -0.15) is 13.2 Å². The number of hydrogen-bond donors (Lipinski definition) is 1. The van der Waals surface area contributed by atoms with E-state index in [2.05, 4.69) is 17.2 Å². The molecular weight excluding hydrogens is 245 g/mol. The van der Waals surface area contributed by atoms with E-state index in [4.69, 9.17) is 0 Å². The van der Waals surface area contributed by atoms with Gasteiger partial charge < -0.3 is 5.32 Å². The lowest BCUT2D eigenvalue weighted by atomic mass is 10.2. The van der Waals surface area contributed by atoms with Crippen LogP contribution < -0.4 is 5.32 Å². The number of thioether (sulfide) groups is 2. The third kappa shape index (κ3) is 6.19. The Hall–Kier alpha value is -0.0400. The van der Waals surface area contributed by atoms with Gasteiger partial charge in [0.25, 0.3) is 0 Å². The highest BCUT2D eigenvalue weighted by atomic mass is 32.2. The van der Waals surface area contributed by atoms with Crippen molar-refractivity contribution in [2.75, 3.05) is 24.6 Å². The van der Waals surface area contributed by atoms with Gasteiger partial charge in [-0.15, -0.1) is 0 Å². The fraction of sp³-hybridized carbons (Fsp3) is 0.875. The van der Waals surface area contributed by atoms with E-state index in [0.717, 1.165) is 17.5 Å². The zero-order valence-corrected chi connectivity index (χ0v) is 9.94. The molecule has 0 amide bonds. The second-order valence-corrected chi connectivity index (χ2v) is 5.45. The molecule has 1 rings (SSSR count). The smallest absolute Gasteiger partial charge is 0.364 e. The van der Waals surface area contributed by atoms with Crippen LogP contribution in [0.1, 0.15) is 6.92 Å². The van der Waals surface area contributed by atoms with Crippen LogP contribution in [0.15, 0.2) is 4.99 Å². The van der Waals surface area contributed by atoms with Gasteiger partial charge in [-0.25, -0.2) is 0 Å². The predicted octanol–water partition coefficient (Wildman–Crippen LogP) is 2.57. The van der Waals surface area contributed by atoms with Gasteiger partial charge in [0.15, 0.2) is 5.17 Å². The van der Waals surface area contributed by atoms with Gasteiger partial charge in [-0.05, 0) is 17.7 Å². The Labute approximate surface area is 95.5 Å². The summed E-state index contributed by atoms with van der Waals surface area (Å²) in [5.41, 5.74) is -4.13. The molecule has 0 aliphatic carbocycles. The summed E-state index contributed by atoms with van der Waals surface area (Å²) in [4.78, 5) is 4.22. The molecule has 2 nitrogen and oxygen atoms in total. The SMILES string of the molecule is CC1CN=C(NCCSC(F)(F)F)SC1. The number of rotatable bonds is 3. The van der Waals surface area contributed by atoms with Gasteiger partial charge in [0.1, 0.15) is 0 Å². The number of nitrogens with one attached hydrogen (secondary N) is 1. The van der Waals surface area contributed by atoms with Gasteiger partial charge in [0, 0.05) is 24.6 Å². The highest BCUT2D eigenvalue weighted by molar-refractivity contribution is 8.13. The lowest BCUT2D eigenvalue weighted by molar-refractivity contribution is -0.0327. The highest BCUT2D eigenvalue weighted by Crippen LogP contribution is 2.29. The first-order chi connectivity index (χ1) is 6.97. The van der Waals surface area contributed by atoms with Crippen LogP contribution in [0.3, 0.4) is 0 Å². The minimum absolute atomic E-state index is 0.00407. The highest BCUT2D eigenvalue weighted by Gasteiger charge is 2.27. The maximum Gasteiger partial charge on any atom is 0.441 e. The van der Waals surface area contributed by atoms with E-state index in [9.17, 15) is 13.2 Å². The van der Waals surface area contributed by atoms with E-state index in [1.54, 1.807) is 11.8 Å². The molecule has 0 spiro atoms. The van der Waals surface area contributed by atoms with E-state index in [1.165, 1.54) is 0 Å². The molecule has 7 heteroatoms. The van der Waals surface area contributed by atoms with Crippen molar-refractivity contribution in [2.24, 2.45) is 10.9 Å². The number of amidine groups is 1. The minimum atomic E-state index is -4.13. The van der Waals surface area contributed by atoms with Crippen LogP contribution in [0.5, 0.6) is 0 Å². The van der Waals surface area contributed by atoms with E-state index >= 15 is 0 Å². The first-order valence-corrected chi connectivity index (χ1v) is 6.56. The summed E-state index contributed by atoms with van der Waals surface area (Å²) in [5, 5.41) is 3.68. The average molecular weight is 258 g/mol. The van der Waals surface area contributed by atoms with Crippen molar-refractivity contribution in [1.29, 1.82) is 0 Å². The topological polar surface area (TPSA) is 24.4 Å². The normalized spacial score (nSPS) is 22.4. The maximum atomic E-state index is 11.8. The van der Waals surface area contributed by atoms with Crippen molar-refractivity contribution in [2.45, 2.75) is 12.4 Å². The molecule has 0 saturated carbocycles. The van der Waals surface area contributed by atoms with Crippen LogP contribution in [0.4, 0.5) is 13.2 Å². The number of aliphatic imine (C=N–C) groups is 1. The number of hydrogen-bond acceptors (Lipinski definition) is 4. The fourth-order valence-corrected chi connectivity index (χ4v) is 2.34. The second-order valence-electron chi connectivity index (χ2n) is 3.28. The molecule has 0 saturated heterocycles. The monoisotopic (exact) mass is 258 g/mol. The molecular formula is C8H13F3N2S2. The zero-order chi connectivity index (χ0) is 11.3. The first kappa shape index (κ1) is 13.0. The van der Waals surface area contributed by atoms with Gasteiger partial charge in [0.05, 0.1) is 0 Å². The lowest BCUT2D eigenvalue weighted by Gasteiger charge is -2.17. The third-order valence-electron chi connectivity index (χ3n) is 1.70. The molecule has 1 heterocycles. The van der Waals surface area contributed by atoms with Crippen molar-refractivity contribution in [1.82, 2.24) is 5.32 Å². The van der Waals surface area contributed by atoms with E-state index in [1.807, 2.05) is 0 Å². The minimum Gasteiger partial charge on any atom is -0.364 e. The Morgan fingerprint density at radius 2 is 2.33 bits per heavy atom. The van der Waals surface area contributed by atoms with Gasteiger partial charge >= 0.3 is 5.51 Å². The van der Waals surface area contributed by atoms with Crippen molar-refractivity contribution in [3.05, 3.63) is 0 Å². The molecule has 0 aromatic rings. The molecule has 0 aromatic carbocycles. The number of nitrogens with zero attached hydrogens (tertiary/aromatic N) is 1. The predicted molar refractivity (Wildman–Crippen MR) is 60.4 cm³/mol. The van der Waals surface area contributed by atoms with E-state index in [-0.39, 0.29) is 17.5 Å². The fourth-order valence-electron chi connectivity index (χ4n) is 0.990. The summed E-state index contributed by atoms with van der Waals surface area (Å²) in [6.07, 6.45) is 0. The van der Waals surface area contributed by atoms with Crippen molar-refractivity contribution in [3.8, 4) is 0 Å². The van der Waals surface area contributed by atoms with E-state index < -0.39 is 5.51 Å². The van der Waals surface area contributed by atoms with Crippen LogP contribution in [0.25, 0.3) is 0 Å². The van der Waals surface area contributed by atoms with Crippen LogP contribution in [-0.4, -0.2) is 35.3 Å². The molecule has 15 heavy (non-hydrogen) atoms. The lowest BCUT2D eigenvalue weighted by Crippen LogP contribution is -2.28. The van der Waals surface area contributed by atoms with Crippen LogP contribution in [-0.2, 0) is 0 Å². The van der Waals surface area contributed by atoms with Gasteiger partial charge in [-0.1, -0.05) is 18.7 Å². The van der Waals surface area contributed by atoms with Gasteiger partial charge in [-0.3, -0.25) is 4.99 Å². The molecule has 88 valence electrons. The molecule has 1 N–H and O–H groups in total. The zero-order valence-electron chi connectivity index (χ0n) is 8.30. The molecule has 1 unspecified atom stereocenters. The standard InChI is InChI=1S/C8H13F3N2S2/c1-6-4-13-7(14-5-6)12-2-3-15-8(9,10)11/h6H,2-5H2,1H3,(H,12,13). The summed E-state index contributed by atoms with van der Waals surface area (Å²) >= 11 is 1.57. The van der Waals surface area contributed by atoms with Gasteiger partial charge in [0.2, 0.25) is 0 Å². The summed E-state index contributed by atoms with van der Waals surface area (Å²) in [6, 6.07) is 0. The van der Waals surface area contributed by atoms with E-state index in [0.29, 0.717) is 12.5 Å². The molecule has 0 aromatic heterocycles. The molecule has 0 radical (unpaired) electrons. The maximum absolute atomic E-state index is 11.8. The van der Waals surface area contributed by atoms with Crippen LogP contribution >= 0.6 is 23.5 Å². The molecule has 1 aliphatic rings. The number of halogens is 3. The Morgan fingerprint density at radius 3 is 2.87 bits per heavy atom. The Balaban J connectivity index is 2.10. The average Bonchev–Trinajstić information content (AvgIpc) is 2.14. The Kier molecular flexibility index (Phi) is 5.11. The summed E-state index contributed by atoms with van der Waals surface area (Å²) in [6.45, 7) is 3.18. The largest absolute Gasteiger partial charge is 0.441 e. The first-order valence-electron chi connectivity index (χ1n) is 4.59. The summed E-state index contributed by atoms with van der Waals surface area (Å²) < 4.78 is 35.3. The molecule has 0 bridgehead atoms. The quantitative estimate of drug-likeness (QED) is 0.787. The summed E-state index contributed by atoms with van der Waals surface area (Å²) in [7, 11) is 0. The number of alkyl halides is 3. The molecule has 1 aliphatic heterocycles. The summed E-state index contributed by atoms with van der Waals surface area (Å²) in [5.74, 6) is 1.57. The Morgan fingerprint density at radius 1 is 1.60 bits per heavy atom. The molecule has 1 atom stereocenters. The van der Waals surface area contributed by atoms with Crippen molar-refractivity contribution < 1.29 is 13.2 Å². The second kappa shape index (κ2) is 5.89. The molecule has 0 fully saturated rings. The van der Waals surface area contributed by atoms with Crippen molar-refractivity contribution >= 4 is 28.7 Å². The Bertz CT molecular complexity index is 230. The van der Waals surface area contributed by atoms with Crippen LogP contribution in [0.2, 0.25) is 0 Å². The van der Waals surface area contributed by atoms with Crippen LogP contribution in [0, 0.1) is 5.92 Å². The third-order valence-corrected chi connectivity index (χ3v) is 3.71. The van der Waals surface area contributed by atoms with Crippen molar-refractivity contribution in [3.63, 3.8) is 0 Å².